The smallest absolute Gasteiger partial charge is 0.188 e. The number of hydrogen-bond donors (Lipinski definition) is 0. The van der Waals surface area contributed by atoms with Gasteiger partial charge in [-0.25, -0.2) is 0 Å². The zero-order chi connectivity index (χ0) is 14.8. The summed E-state index contributed by atoms with van der Waals surface area (Å²) in [6.07, 6.45) is 4.72. The Bertz CT molecular complexity index is 401. The normalized spacial score (nSPS) is 12.2. The van der Waals surface area contributed by atoms with E-state index in [1.54, 1.807) is 19.2 Å². The molecule has 1 rings (SSSR count). The lowest BCUT2D eigenvalue weighted by atomic mass is 10.0. The van der Waals surface area contributed by atoms with Crippen LogP contribution < -0.4 is 4.74 Å². The second-order valence-electron chi connectivity index (χ2n) is 5.09. The summed E-state index contributed by atoms with van der Waals surface area (Å²) in [5.74, 6) is 1.27. The van der Waals surface area contributed by atoms with Gasteiger partial charge in [0.1, 0.15) is 12.4 Å². The predicted molar refractivity (Wildman–Crippen MR) is 81.4 cm³/mol. The van der Waals surface area contributed by atoms with Crippen molar-refractivity contribution in [2.75, 3.05) is 20.3 Å². The maximum atomic E-state index is 12.0. The van der Waals surface area contributed by atoms with Crippen molar-refractivity contribution in [2.24, 2.45) is 5.92 Å². The lowest BCUT2D eigenvalue weighted by Crippen LogP contribution is -2.15. The zero-order valence-corrected chi connectivity index (χ0v) is 12.9. The van der Waals surface area contributed by atoms with Crippen molar-refractivity contribution in [1.29, 1.82) is 0 Å². The lowest BCUT2D eigenvalue weighted by molar-refractivity contribution is 0.0658. The van der Waals surface area contributed by atoms with Gasteiger partial charge < -0.3 is 9.47 Å². The Morgan fingerprint density at radius 2 is 2.10 bits per heavy atom. The lowest BCUT2D eigenvalue weighted by Gasteiger charge is -2.14. The Hall–Kier alpha value is -1.35. The van der Waals surface area contributed by atoms with Gasteiger partial charge in [-0.15, -0.1) is 0 Å². The number of hydrogen-bond acceptors (Lipinski definition) is 3. The first-order valence-electron chi connectivity index (χ1n) is 7.46. The minimum atomic E-state index is 0.00856. The molecular formula is C17H26O3. The third-order valence-corrected chi connectivity index (χ3v) is 3.52. The topological polar surface area (TPSA) is 35.5 Å². The van der Waals surface area contributed by atoms with Crippen LogP contribution in [0.15, 0.2) is 24.3 Å². The Morgan fingerprint density at radius 3 is 2.75 bits per heavy atom. The molecule has 0 bridgehead atoms. The number of benzene rings is 1. The summed E-state index contributed by atoms with van der Waals surface area (Å²) in [6.45, 7) is 5.19. The maximum Gasteiger partial charge on any atom is 0.188 e. The minimum absolute atomic E-state index is 0.00856. The van der Waals surface area contributed by atoms with Crippen LogP contribution in [0, 0.1) is 5.92 Å². The minimum Gasteiger partial charge on any atom is -0.497 e. The van der Waals surface area contributed by atoms with Crippen molar-refractivity contribution in [3.8, 4) is 5.75 Å². The molecule has 1 atom stereocenters. The summed E-state index contributed by atoms with van der Waals surface area (Å²) in [5, 5.41) is 0. The van der Waals surface area contributed by atoms with Crippen molar-refractivity contribution in [2.45, 2.75) is 39.5 Å². The van der Waals surface area contributed by atoms with Crippen LogP contribution >= 0.6 is 0 Å². The van der Waals surface area contributed by atoms with Crippen molar-refractivity contribution in [3.05, 3.63) is 29.8 Å². The monoisotopic (exact) mass is 278 g/mol. The highest BCUT2D eigenvalue weighted by atomic mass is 16.5. The fourth-order valence-electron chi connectivity index (χ4n) is 2.10. The van der Waals surface area contributed by atoms with E-state index >= 15 is 0 Å². The first kappa shape index (κ1) is 16.7. The largest absolute Gasteiger partial charge is 0.497 e. The Morgan fingerprint density at radius 1 is 1.30 bits per heavy atom. The first-order chi connectivity index (χ1) is 9.71. The molecule has 0 radical (unpaired) electrons. The van der Waals surface area contributed by atoms with E-state index in [2.05, 4.69) is 13.8 Å². The van der Waals surface area contributed by atoms with E-state index in [-0.39, 0.29) is 12.4 Å². The van der Waals surface area contributed by atoms with E-state index in [0.717, 1.165) is 6.42 Å². The highest BCUT2D eigenvalue weighted by molar-refractivity contribution is 5.97. The highest BCUT2D eigenvalue weighted by Gasteiger charge is 2.10. The fourth-order valence-corrected chi connectivity index (χ4v) is 2.10. The third-order valence-electron chi connectivity index (χ3n) is 3.52. The average Bonchev–Trinajstić information content (AvgIpc) is 2.50. The zero-order valence-electron chi connectivity index (χ0n) is 12.9. The molecular weight excluding hydrogens is 252 g/mol. The first-order valence-corrected chi connectivity index (χ1v) is 7.46. The SMILES string of the molecule is CCCCC(CC)COCC(=O)c1cccc(OC)c1. The molecule has 1 aromatic carbocycles. The van der Waals surface area contributed by atoms with Crippen molar-refractivity contribution < 1.29 is 14.3 Å². The van der Waals surface area contributed by atoms with Gasteiger partial charge in [0, 0.05) is 12.2 Å². The second kappa shape index (κ2) is 9.54. The summed E-state index contributed by atoms with van der Waals surface area (Å²) >= 11 is 0. The van der Waals surface area contributed by atoms with Crippen LogP contribution in [0.1, 0.15) is 49.9 Å². The van der Waals surface area contributed by atoms with Crippen molar-refractivity contribution in [1.82, 2.24) is 0 Å². The molecule has 0 fully saturated rings. The van der Waals surface area contributed by atoms with Crippen LogP contribution in [-0.2, 0) is 4.74 Å². The van der Waals surface area contributed by atoms with Crippen LogP contribution in [-0.4, -0.2) is 26.1 Å². The van der Waals surface area contributed by atoms with Crippen LogP contribution in [0.4, 0.5) is 0 Å². The summed E-state index contributed by atoms with van der Waals surface area (Å²) in [7, 11) is 1.60. The molecule has 112 valence electrons. The molecule has 1 unspecified atom stereocenters. The molecule has 0 aliphatic carbocycles. The number of unbranched alkanes of at least 4 members (excludes halogenated alkanes) is 1. The van der Waals surface area contributed by atoms with Crippen LogP contribution in [0.3, 0.4) is 0 Å². The number of Topliss-reactive ketones (excluding diaryl/α,β-unsaturated/α-hetero) is 1. The van der Waals surface area contributed by atoms with Gasteiger partial charge in [0.15, 0.2) is 5.78 Å². The molecule has 0 amide bonds. The maximum absolute atomic E-state index is 12.0. The van der Waals surface area contributed by atoms with E-state index in [9.17, 15) is 4.79 Å². The van der Waals surface area contributed by atoms with Gasteiger partial charge in [0.25, 0.3) is 0 Å². The predicted octanol–water partition coefficient (Wildman–Crippen LogP) is 4.11. The van der Waals surface area contributed by atoms with E-state index in [0.29, 0.717) is 23.8 Å². The molecule has 3 nitrogen and oxygen atoms in total. The van der Waals surface area contributed by atoms with Gasteiger partial charge >= 0.3 is 0 Å². The van der Waals surface area contributed by atoms with E-state index in [1.165, 1.54) is 19.3 Å². The number of ether oxygens (including phenoxy) is 2. The molecule has 0 heterocycles. The summed E-state index contributed by atoms with van der Waals surface area (Å²) in [5.41, 5.74) is 0.644. The molecule has 0 saturated heterocycles. The molecule has 0 saturated carbocycles. The standard InChI is InChI=1S/C17H26O3/c1-4-6-8-14(5-2)12-20-13-17(18)15-9-7-10-16(11-15)19-3/h7,9-11,14H,4-6,8,12-13H2,1-3H3. The molecule has 0 aliphatic rings. The number of carbonyl (C=O) groups is 1. The molecule has 0 N–H and O–H groups in total. The molecule has 1 aromatic rings. The third kappa shape index (κ3) is 5.74. The Balaban J connectivity index is 2.38. The van der Waals surface area contributed by atoms with Gasteiger partial charge in [0.2, 0.25) is 0 Å². The van der Waals surface area contributed by atoms with Gasteiger partial charge in [-0.2, -0.15) is 0 Å². The van der Waals surface area contributed by atoms with E-state index < -0.39 is 0 Å². The second-order valence-corrected chi connectivity index (χ2v) is 5.09. The number of methoxy groups -OCH3 is 1. The highest BCUT2D eigenvalue weighted by Crippen LogP contribution is 2.15. The van der Waals surface area contributed by atoms with Crippen LogP contribution in [0.5, 0.6) is 5.75 Å². The van der Waals surface area contributed by atoms with Gasteiger partial charge in [-0.05, 0) is 24.5 Å². The summed E-state index contributed by atoms with van der Waals surface area (Å²) in [6, 6.07) is 7.19. The number of rotatable bonds is 10. The molecule has 20 heavy (non-hydrogen) atoms. The average molecular weight is 278 g/mol. The number of carbonyl (C=O) groups excluding carboxylic acids is 1. The van der Waals surface area contributed by atoms with Crippen molar-refractivity contribution >= 4 is 5.78 Å². The van der Waals surface area contributed by atoms with Gasteiger partial charge in [0.05, 0.1) is 7.11 Å². The van der Waals surface area contributed by atoms with Crippen molar-refractivity contribution in [3.63, 3.8) is 0 Å². The summed E-state index contributed by atoms with van der Waals surface area (Å²) in [4.78, 5) is 12.0. The fraction of sp³-hybridized carbons (Fsp3) is 0.588. The van der Waals surface area contributed by atoms with Gasteiger partial charge in [-0.3, -0.25) is 4.79 Å². The summed E-state index contributed by atoms with van der Waals surface area (Å²) < 4.78 is 10.7. The van der Waals surface area contributed by atoms with Crippen LogP contribution in [0.2, 0.25) is 0 Å². The van der Waals surface area contributed by atoms with Gasteiger partial charge in [-0.1, -0.05) is 45.2 Å². The Labute approximate surface area is 122 Å². The molecule has 3 heteroatoms. The molecule has 0 spiro atoms. The molecule has 0 aromatic heterocycles. The van der Waals surface area contributed by atoms with E-state index in [1.807, 2.05) is 12.1 Å². The Kier molecular flexibility index (Phi) is 7.97. The van der Waals surface area contributed by atoms with Crippen LogP contribution in [0.25, 0.3) is 0 Å². The van der Waals surface area contributed by atoms with E-state index in [4.69, 9.17) is 9.47 Å². The molecule has 0 aliphatic heterocycles. The number of ketones is 1. The quantitative estimate of drug-likeness (QED) is 0.604.